The lowest BCUT2D eigenvalue weighted by molar-refractivity contribution is 0.0311. The zero-order valence-corrected chi connectivity index (χ0v) is 10.5. The average Bonchev–Trinajstić information content (AvgIpc) is 2.36. The minimum Gasteiger partial charge on any atom is -0.507 e. The van der Waals surface area contributed by atoms with Crippen LogP contribution in [0.15, 0.2) is 18.2 Å². The first kappa shape index (κ1) is 14.3. The van der Waals surface area contributed by atoms with Crippen molar-refractivity contribution in [2.75, 3.05) is 25.6 Å². The molecule has 0 spiro atoms. The number of rotatable bonds is 7. The Morgan fingerprint density at radius 2 is 2.11 bits per heavy atom. The van der Waals surface area contributed by atoms with Gasteiger partial charge in [0, 0.05) is 12.3 Å². The second kappa shape index (κ2) is 7.55. The van der Waals surface area contributed by atoms with Crippen molar-refractivity contribution in [2.24, 2.45) is 0 Å². The maximum Gasteiger partial charge on any atom is 0.342 e. The Kier molecular flexibility index (Phi) is 6.00. The number of hydrogen-bond acceptors (Lipinski definition) is 5. The Morgan fingerprint density at radius 1 is 1.33 bits per heavy atom. The monoisotopic (exact) mass is 253 g/mol. The fraction of sp³-hybridized carbons (Fsp3) is 0.462. The summed E-state index contributed by atoms with van der Waals surface area (Å²) in [6, 6.07) is 4.26. The Morgan fingerprint density at radius 3 is 2.83 bits per heavy atom. The number of benzene rings is 1. The summed E-state index contributed by atoms with van der Waals surface area (Å²) < 4.78 is 10.2. The summed E-state index contributed by atoms with van der Waals surface area (Å²) in [6.07, 6.45) is 2.06. The van der Waals surface area contributed by atoms with Crippen LogP contribution >= 0.6 is 0 Å². The molecule has 0 unspecified atom stereocenters. The fourth-order valence-corrected chi connectivity index (χ4v) is 1.34. The quantitative estimate of drug-likeness (QED) is 0.336. The van der Waals surface area contributed by atoms with Crippen molar-refractivity contribution in [3.8, 4) is 5.75 Å². The van der Waals surface area contributed by atoms with E-state index >= 15 is 0 Å². The molecule has 3 N–H and O–H groups in total. The number of phenols is 1. The van der Waals surface area contributed by atoms with E-state index in [0.29, 0.717) is 18.9 Å². The highest BCUT2D eigenvalue weighted by Gasteiger charge is 2.12. The lowest BCUT2D eigenvalue weighted by Gasteiger charge is -2.07. The van der Waals surface area contributed by atoms with E-state index in [1.165, 1.54) is 18.2 Å². The number of unbranched alkanes of at least 4 members (excludes halogenated alkanes) is 1. The van der Waals surface area contributed by atoms with E-state index in [0.717, 1.165) is 12.8 Å². The highest BCUT2D eigenvalue weighted by Crippen LogP contribution is 2.20. The molecule has 5 nitrogen and oxygen atoms in total. The predicted molar refractivity (Wildman–Crippen MR) is 68.5 cm³/mol. The SMILES string of the molecule is CCCCOCCOC(=O)c1cc(N)ccc1O. The van der Waals surface area contributed by atoms with Crippen LogP contribution < -0.4 is 5.73 Å². The van der Waals surface area contributed by atoms with E-state index < -0.39 is 5.97 Å². The Bertz CT molecular complexity index is 393. The largest absolute Gasteiger partial charge is 0.507 e. The zero-order chi connectivity index (χ0) is 13.4. The summed E-state index contributed by atoms with van der Waals surface area (Å²) in [5.41, 5.74) is 6.01. The summed E-state index contributed by atoms with van der Waals surface area (Å²) in [7, 11) is 0. The van der Waals surface area contributed by atoms with Gasteiger partial charge in [-0.2, -0.15) is 0 Å². The van der Waals surface area contributed by atoms with Crippen molar-refractivity contribution in [1.82, 2.24) is 0 Å². The first-order chi connectivity index (χ1) is 8.65. The van der Waals surface area contributed by atoms with Gasteiger partial charge in [0.1, 0.15) is 17.9 Å². The summed E-state index contributed by atoms with van der Waals surface area (Å²) in [6.45, 7) is 3.26. The predicted octanol–water partition coefficient (Wildman–Crippen LogP) is 1.95. The van der Waals surface area contributed by atoms with Crippen LogP contribution in [0, 0.1) is 0 Å². The van der Waals surface area contributed by atoms with E-state index in [4.69, 9.17) is 15.2 Å². The molecule has 0 aliphatic rings. The molecule has 0 fully saturated rings. The van der Waals surface area contributed by atoms with Gasteiger partial charge in [-0.05, 0) is 24.6 Å². The number of anilines is 1. The molecule has 0 aromatic heterocycles. The Balaban J connectivity index is 2.34. The standard InChI is InChI=1S/C13H19NO4/c1-2-3-6-17-7-8-18-13(16)11-9-10(14)4-5-12(11)15/h4-5,9,15H,2-3,6-8,14H2,1H3. The first-order valence-corrected chi connectivity index (χ1v) is 5.98. The van der Waals surface area contributed by atoms with Crippen molar-refractivity contribution >= 4 is 11.7 Å². The molecule has 0 saturated carbocycles. The maximum absolute atomic E-state index is 11.6. The Hall–Kier alpha value is -1.75. The number of nitrogens with two attached hydrogens (primary N) is 1. The number of nitrogen functional groups attached to an aromatic ring is 1. The van der Waals surface area contributed by atoms with Gasteiger partial charge in [0.25, 0.3) is 0 Å². The van der Waals surface area contributed by atoms with E-state index in [2.05, 4.69) is 6.92 Å². The van der Waals surface area contributed by atoms with Crippen molar-refractivity contribution in [3.63, 3.8) is 0 Å². The molecule has 0 bridgehead atoms. The van der Waals surface area contributed by atoms with Crippen LogP contribution in [0.3, 0.4) is 0 Å². The molecule has 5 heteroatoms. The van der Waals surface area contributed by atoms with Crippen molar-refractivity contribution in [2.45, 2.75) is 19.8 Å². The van der Waals surface area contributed by atoms with Crippen LogP contribution in [0.1, 0.15) is 30.1 Å². The van der Waals surface area contributed by atoms with Crippen molar-refractivity contribution in [1.29, 1.82) is 0 Å². The third-order valence-electron chi connectivity index (χ3n) is 2.34. The number of aromatic hydroxyl groups is 1. The zero-order valence-electron chi connectivity index (χ0n) is 10.5. The van der Waals surface area contributed by atoms with Gasteiger partial charge in [0.05, 0.1) is 6.61 Å². The Labute approximate surface area is 107 Å². The number of phenolic OH excluding ortho intramolecular Hbond substituents is 1. The fourth-order valence-electron chi connectivity index (χ4n) is 1.34. The average molecular weight is 253 g/mol. The lowest BCUT2D eigenvalue weighted by atomic mass is 10.2. The van der Waals surface area contributed by atoms with Gasteiger partial charge in [0.15, 0.2) is 0 Å². The highest BCUT2D eigenvalue weighted by molar-refractivity contribution is 5.93. The lowest BCUT2D eigenvalue weighted by Crippen LogP contribution is -2.11. The number of ether oxygens (including phenoxy) is 2. The summed E-state index contributed by atoms with van der Waals surface area (Å²) in [4.78, 5) is 11.6. The number of carbonyl (C=O) groups excluding carboxylic acids is 1. The second-order valence-electron chi connectivity index (χ2n) is 3.88. The van der Waals surface area contributed by atoms with Gasteiger partial charge in [-0.1, -0.05) is 13.3 Å². The van der Waals surface area contributed by atoms with Gasteiger partial charge in [-0.25, -0.2) is 4.79 Å². The molecule has 0 radical (unpaired) electrons. The molecule has 1 aromatic carbocycles. The van der Waals surface area contributed by atoms with Crippen LogP contribution in [0.2, 0.25) is 0 Å². The summed E-state index contributed by atoms with van der Waals surface area (Å²) >= 11 is 0. The highest BCUT2D eigenvalue weighted by atomic mass is 16.6. The van der Waals surface area contributed by atoms with Crippen LogP contribution in [-0.2, 0) is 9.47 Å². The third-order valence-corrected chi connectivity index (χ3v) is 2.34. The maximum atomic E-state index is 11.6. The molecule has 1 aromatic rings. The minimum absolute atomic E-state index is 0.0727. The molecule has 0 saturated heterocycles. The van der Waals surface area contributed by atoms with E-state index in [1.54, 1.807) is 0 Å². The summed E-state index contributed by atoms with van der Waals surface area (Å²) in [5.74, 6) is -0.736. The summed E-state index contributed by atoms with van der Waals surface area (Å²) in [5, 5.41) is 9.49. The molecule has 0 atom stereocenters. The van der Waals surface area contributed by atoms with Crippen LogP contribution in [0.4, 0.5) is 5.69 Å². The van der Waals surface area contributed by atoms with Crippen molar-refractivity contribution < 1.29 is 19.4 Å². The number of carbonyl (C=O) groups is 1. The first-order valence-electron chi connectivity index (χ1n) is 5.98. The molecule has 1 rings (SSSR count). The number of esters is 1. The second-order valence-corrected chi connectivity index (χ2v) is 3.88. The molecule has 0 heterocycles. The third kappa shape index (κ3) is 4.63. The molecule has 100 valence electrons. The molecular weight excluding hydrogens is 234 g/mol. The molecule has 0 amide bonds. The number of hydrogen-bond donors (Lipinski definition) is 2. The topological polar surface area (TPSA) is 81.8 Å². The molecule has 18 heavy (non-hydrogen) atoms. The van der Waals surface area contributed by atoms with Gasteiger partial charge in [-0.15, -0.1) is 0 Å². The minimum atomic E-state index is -0.598. The van der Waals surface area contributed by atoms with Crippen LogP contribution in [0.25, 0.3) is 0 Å². The van der Waals surface area contributed by atoms with Crippen LogP contribution in [-0.4, -0.2) is 30.9 Å². The normalized spacial score (nSPS) is 10.3. The van der Waals surface area contributed by atoms with Gasteiger partial charge in [0.2, 0.25) is 0 Å². The van der Waals surface area contributed by atoms with E-state index in [-0.39, 0.29) is 17.9 Å². The van der Waals surface area contributed by atoms with Gasteiger partial charge in [-0.3, -0.25) is 0 Å². The smallest absolute Gasteiger partial charge is 0.342 e. The van der Waals surface area contributed by atoms with Crippen molar-refractivity contribution in [3.05, 3.63) is 23.8 Å². The van der Waals surface area contributed by atoms with Gasteiger partial charge >= 0.3 is 5.97 Å². The molecular formula is C13H19NO4. The van der Waals surface area contributed by atoms with Gasteiger partial charge < -0.3 is 20.3 Å². The van der Waals surface area contributed by atoms with E-state index in [9.17, 15) is 9.90 Å². The molecule has 0 aliphatic carbocycles. The van der Waals surface area contributed by atoms with Crippen LogP contribution in [0.5, 0.6) is 5.75 Å². The van der Waals surface area contributed by atoms with E-state index in [1.807, 2.05) is 0 Å². The molecule has 0 aliphatic heterocycles.